The van der Waals surface area contributed by atoms with Crippen molar-refractivity contribution >= 4 is 40.8 Å². The standard InChI is InChI=1S/C19H20Cl2N2O2/c1-3-4-6-13-9-11-14(12-10-13)23(2)19(25)22-18(24)17-15(20)7-5-8-16(17)21/h5,7-12H,3-4,6H2,1-2H3,(H,22,24,25). The molecule has 4 nitrogen and oxygen atoms in total. The van der Waals surface area contributed by atoms with Crippen LogP contribution in [-0.2, 0) is 6.42 Å². The van der Waals surface area contributed by atoms with E-state index in [-0.39, 0.29) is 15.6 Å². The summed E-state index contributed by atoms with van der Waals surface area (Å²) in [5, 5.41) is 2.69. The summed E-state index contributed by atoms with van der Waals surface area (Å²) in [4.78, 5) is 26.0. The van der Waals surface area contributed by atoms with Crippen molar-refractivity contribution in [3.63, 3.8) is 0 Å². The van der Waals surface area contributed by atoms with E-state index in [1.165, 1.54) is 10.5 Å². The fourth-order valence-corrected chi connectivity index (χ4v) is 2.91. The van der Waals surface area contributed by atoms with E-state index in [0.29, 0.717) is 5.69 Å². The lowest BCUT2D eigenvalue weighted by molar-refractivity contribution is 0.0966. The number of anilines is 1. The molecule has 0 heterocycles. The van der Waals surface area contributed by atoms with Crippen LogP contribution in [0.5, 0.6) is 0 Å². The maximum atomic E-state index is 12.3. The predicted molar refractivity (Wildman–Crippen MR) is 103 cm³/mol. The topological polar surface area (TPSA) is 49.4 Å². The number of rotatable bonds is 5. The highest BCUT2D eigenvalue weighted by atomic mass is 35.5. The predicted octanol–water partition coefficient (Wildman–Crippen LogP) is 5.32. The summed E-state index contributed by atoms with van der Waals surface area (Å²) in [6, 6.07) is 11.9. The van der Waals surface area contributed by atoms with E-state index in [1.54, 1.807) is 25.2 Å². The molecule has 0 saturated carbocycles. The van der Waals surface area contributed by atoms with Crippen LogP contribution >= 0.6 is 23.2 Å². The Bertz CT molecular complexity index is 740. The third kappa shape index (κ3) is 4.97. The Morgan fingerprint density at radius 2 is 1.64 bits per heavy atom. The van der Waals surface area contributed by atoms with Gasteiger partial charge in [-0.05, 0) is 42.7 Å². The van der Waals surface area contributed by atoms with Crippen molar-refractivity contribution < 1.29 is 9.59 Å². The number of benzene rings is 2. The van der Waals surface area contributed by atoms with Crippen molar-refractivity contribution in [2.75, 3.05) is 11.9 Å². The monoisotopic (exact) mass is 378 g/mol. The van der Waals surface area contributed by atoms with Crippen LogP contribution in [-0.4, -0.2) is 19.0 Å². The normalized spacial score (nSPS) is 10.4. The van der Waals surface area contributed by atoms with E-state index in [4.69, 9.17) is 23.2 Å². The minimum absolute atomic E-state index is 0.0856. The molecule has 0 aliphatic heterocycles. The summed E-state index contributed by atoms with van der Waals surface area (Å²) < 4.78 is 0. The zero-order valence-electron chi connectivity index (χ0n) is 14.2. The lowest BCUT2D eigenvalue weighted by Gasteiger charge is -2.18. The summed E-state index contributed by atoms with van der Waals surface area (Å²) in [7, 11) is 1.60. The van der Waals surface area contributed by atoms with Gasteiger partial charge in [-0.1, -0.05) is 54.7 Å². The average molecular weight is 379 g/mol. The molecule has 2 aromatic carbocycles. The number of hydrogen-bond donors (Lipinski definition) is 1. The van der Waals surface area contributed by atoms with Gasteiger partial charge in [-0.15, -0.1) is 0 Å². The third-order valence-electron chi connectivity index (χ3n) is 3.86. The minimum Gasteiger partial charge on any atom is -0.297 e. The first kappa shape index (κ1) is 19.3. The fraction of sp³-hybridized carbons (Fsp3) is 0.263. The number of aryl methyl sites for hydroxylation is 1. The quantitative estimate of drug-likeness (QED) is 0.764. The molecule has 25 heavy (non-hydrogen) atoms. The maximum Gasteiger partial charge on any atom is 0.328 e. The van der Waals surface area contributed by atoms with Gasteiger partial charge in [0, 0.05) is 12.7 Å². The zero-order valence-corrected chi connectivity index (χ0v) is 15.7. The second-order valence-electron chi connectivity index (χ2n) is 5.68. The van der Waals surface area contributed by atoms with Gasteiger partial charge in [-0.25, -0.2) is 4.79 Å². The van der Waals surface area contributed by atoms with Crippen molar-refractivity contribution in [3.05, 3.63) is 63.6 Å². The van der Waals surface area contributed by atoms with Crippen LogP contribution < -0.4 is 10.2 Å². The highest BCUT2D eigenvalue weighted by molar-refractivity contribution is 6.40. The Morgan fingerprint density at radius 1 is 1.04 bits per heavy atom. The number of nitrogens with one attached hydrogen (secondary N) is 1. The number of urea groups is 1. The van der Waals surface area contributed by atoms with Crippen LogP contribution in [0, 0.1) is 0 Å². The maximum absolute atomic E-state index is 12.3. The first-order valence-corrected chi connectivity index (χ1v) is 8.81. The summed E-state index contributed by atoms with van der Waals surface area (Å²) in [6.45, 7) is 2.15. The van der Waals surface area contributed by atoms with Crippen molar-refractivity contribution in [2.24, 2.45) is 0 Å². The highest BCUT2D eigenvalue weighted by Gasteiger charge is 2.19. The molecule has 0 aromatic heterocycles. The SMILES string of the molecule is CCCCc1ccc(N(C)C(=O)NC(=O)c2c(Cl)cccc2Cl)cc1. The minimum atomic E-state index is -0.632. The number of imide groups is 1. The molecule has 0 aliphatic carbocycles. The first-order valence-electron chi connectivity index (χ1n) is 8.06. The van der Waals surface area contributed by atoms with Gasteiger partial charge in [0.2, 0.25) is 0 Å². The second-order valence-corrected chi connectivity index (χ2v) is 6.50. The number of carbonyl (C=O) groups is 2. The summed E-state index contributed by atoms with van der Waals surface area (Å²) in [6.07, 6.45) is 3.27. The van der Waals surface area contributed by atoms with Crippen molar-refractivity contribution in [3.8, 4) is 0 Å². The van der Waals surface area contributed by atoms with Crippen LogP contribution in [0.1, 0.15) is 35.7 Å². The molecular weight excluding hydrogens is 359 g/mol. The Labute approximate surface area is 157 Å². The molecule has 0 radical (unpaired) electrons. The van der Waals surface area contributed by atoms with Gasteiger partial charge in [-0.2, -0.15) is 0 Å². The first-order chi connectivity index (χ1) is 11.9. The number of halogens is 2. The third-order valence-corrected chi connectivity index (χ3v) is 4.49. The van der Waals surface area contributed by atoms with Gasteiger partial charge in [-0.3, -0.25) is 15.0 Å². The molecule has 0 spiro atoms. The summed E-state index contributed by atoms with van der Waals surface area (Å²) in [5.41, 5.74) is 2.00. The number of unbranched alkanes of at least 4 members (excludes halogenated alkanes) is 1. The van der Waals surface area contributed by atoms with Crippen LogP contribution in [0.3, 0.4) is 0 Å². The molecule has 1 N–H and O–H groups in total. The van der Waals surface area contributed by atoms with Crippen LogP contribution in [0.25, 0.3) is 0 Å². The van der Waals surface area contributed by atoms with Crippen molar-refractivity contribution in [1.82, 2.24) is 5.32 Å². The molecule has 0 atom stereocenters. The Kier molecular flexibility index (Phi) is 6.85. The number of nitrogens with zero attached hydrogens (tertiary/aromatic N) is 1. The van der Waals surface area contributed by atoms with Crippen LogP contribution in [0.2, 0.25) is 10.0 Å². The van der Waals surface area contributed by atoms with E-state index in [0.717, 1.165) is 19.3 Å². The fourth-order valence-electron chi connectivity index (χ4n) is 2.34. The molecule has 132 valence electrons. The van der Waals surface area contributed by atoms with Crippen LogP contribution in [0.4, 0.5) is 10.5 Å². The van der Waals surface area contributed by atoms with Gasteiger partial charge in [0.25, 0.3) is 5.91 Å². The lowest BCUT2D eigenvalue weighted by Crippen LogP contribution is -2.41. The Morgan fingerprint density at radius 3 is 2.20 bits per heavy atom. The highest BCUT2D eigenvalue weighted by Crippen LogP contribution is 2.24. The van der Waals surface area contributed by atoms with Gasteiger partial charge < -0.3 is 0 Å². The molecule has 0 bridgehead atoms. The molecule has 3 amide bonds. The van der Waals surface area contributed by atoms with Gasteiger partial charge in [0.15, 0.2) is 0 Å². The number of amides is 3. The summed E-state index contributed by atoms with van der Waals surface area (Å²) >= 11 is 12.0. The number of hydrogen-bond acceptors (Lipinski definition) is 2. The van der Waals surface area contributed by atoms with Gasteiger partial charge >= 0.3 is 6.03 Å². The van der Waals surface area contributed by atoms with E-state index in [1.807, 2.05) is 24.3 Å². The van der Waals surface area contributed by atoms with E-state index in [2.05, 4.69) is 12.2 Å². The number of carbonyl (C=O) groups excluding carboxylic acids is 2. The van der Waals surface area contributed by atoms with Crippen LogP contribution in [0.15, 0.2) is 42.5 Å². The average Bonchev–Trinajstić information content (AvgIpc) is 2.59. The lowest BCUT2D eigenvalue weighted by atomic mass is 10.1. The van der Waals surface area contributed by atoms with Crippen molar-refractivity contribution in [2.45, 2.75) is 26.2 Å². The summed E-state index contributed by atoms with van der Waals surface area (Å²) in [5.74, 6) is -0.632. The van der Waals surface area contributed by atoms with Gasteiger partial charge in [0.05, 0.1) is 15.6 Å². The smallest absolute Gasteiger partial charge is 0.297 e. The largest absolute Gasteiger partial charge is 0.328 e. The molecule has 0 fully saturated rings. The van der Waals surface area contributed by atoms with E-state index in [9.17, 15) is 9.59 Å². The van der Waals surface area contributed by atoms with Gasteiger partial charge in [0.1, 0.15) is 0 Å². The molecule has 2 aromatic rings. The molecule has 6 heteroatoms. The van der Waals surface area contributed by atoms with E-state index < -0.39 is 11.9 Å². The molecule has 2 rings (SSSR count). The zero-order chi connectivity index (χ0) is 18.4. The van der Waals surface area contributed by atoms with E-state index >= 15 is 0 Å². The molecular formula is C19H20Cl2N2O2. The second kappa shape index (κ2) is 8.88. The Balaban J connectivity index is 2.06. The molecule has 0 aliphatic rings. The Hall–Kier alpha value is -2.04. The molecule has 0 saturated heterocycles. The van der Waals surface area contributed by atoms with Crippen molar-refractivity contribution in [1.29, 1.82) is 0 Å². The molecule has 0 unspecified atom stereocenters.